The summed E-state index contributed by atoms with van der Waals surface area (Å²) in [7, 11) is 0. The Hall–Kier alpha value is 0.0200. The van der Waals surface area contributed by atoms with E-state index in [9.17, 15) is 4.79 Å². The van der Waals surface area contributed by atoms with E-state index in [0.29, 0.717) is 11.2 Å². The highest BCUT2D eigenvalue weighted by Gasteiger charge is 2.52. The van der Waals surface area contributed by atoms with Crippen LogP contribution in [0.4, 0.5) is 0 Å². The van der Waals surface area contributed by atoms with E-state index in [1.807, 2.05) is 0 Å². The molecule has 2 rings (SSSR count). The van der Waals surface area contributed by atoms with Gasteiger partial charge in [0.1, 0.15) is 5.78 Å². The number of thioether (sulfide) groups is 1. The second-order valence-electron chi connectivity index (χ2n) is 4.62. The quantitative estimate of drug-likeness (QED) is 0.693. The zero-order chi connectivity index (χ0) is 9.31. The predicted molar refractivity (Wildman–Crippen MR) is 57.0 cm³/mol. The zero-order valence-electron chi connectivity index (χ0n) is 8.34. The van der Waals surface area contributed by atoms with Gasteiger partial charge in [-0.3, -0.25) is 0 Å². The minimum atomic E-state index is 0.368. The lowest BCUT2D eigenvalue weighted by Crippen LogP contribution is -2.13. The van der Waals surface area contributed by atoms with Crippen molar-refractivity contribution in [2.75, 3.05) is 11.5 Å². The van der Waals surface area contributed by atoms with Crippen LogP contribution in [0.25, 0.3) is 0 Å². The molecule has 0 amide bonds. The van der Waals surface area contributed by atoms with E-state index in [1.165, 1.54) is 37.2 Å². The second kappa shape index (κ2) is 3.64. The molecule has 13 heavy (non-hydrogen) atoms. The molecular weight excluding hydrogens is 180 g/mol. The number of carbonyl (C=O) groups is 1. The van der Waals surface area contributed by atoms with Gasteiger partial charge in [-0.05, 0) is 55.4 Å². The van der Waals surface area contributed by atoms with Gasteiger partial charge in [0.15, 0.2) is 0 Å². The van der Waals surface area contributed by atoms with Crippen molar-refractivity contribution < 1.29 is 4.79 Å². The lowest BCUT2D eigenvalue weighted by Gasteiger charge is -2.22. The SMILES string of the molecule is CC(=O)CCC1CC12CCSCC2. The highest BCUT2D eigenvalue weighted by atomic mass is 32.2. The minimum absolute atomic E-state index is 0.368. The van der Waals surface area contributed by atoms with Gasteiger partial charge in [0.05, 0.1) is 0 Å². The van der Waals surface area contributed by atoms with E-state index < -0.39 is 0 Å². The van der Waals surface area contributed by atoms with Gasteiger partial charge in [0.25, 0.3) is 0 Å². The standard InChI is InChI=1S/C11H18OS/c1-9(12)2-3-10-8-11(10)4-6-13-7-5-11/h10H,2-8H2,1H3. The maximum atomic E-state index is 10.8. The van der Waals surface area contributed by atoms with Crippen molar-refractivity contribution in [1.29, 1.82) is 0 Å². The van der Waals surface area contributed by atoms with Crippen molar-refractivity contribution in [3.05, 3.63) is 0 Å². The summed E-state index contributed by atoms with van der Waals surface area (Å²) in [5.41, 5.74) is 0.709. The molecule has 2 aliphatic rings. The first kappa shape index (κ1) is 9.57. The van der Waals surface area contributed by atoms with Crippen molar-refractivity contribution in [1.82, 2.24) is 0 Å². The number of carbonyl (C=O) groups excluding carboxylic acids is 1. The molecule has 1 aliphatic heterocycles. The Morgan fingerprint density at radius 2 is 2.15 bits per heavy atom. The highest BCUT2D eigenvalue weighted by Crippen LogP contribution is 2.62. The lowest BCUT2D eigenvalue weighted by atomic mass is 9.94. The summed E-state index contributed by atoms with van der Waals surface area (Å²) in [5, 5.41) is 0. The fourth-order valence-electron chi connectivity index (χ4n) is 2.61. The molecule has 2 fully saturated rings. The Kier molecular flexibility index (Phi) is 2.68. The van der Waals surface area contributed by atoms with E-state index in [-0.39, 0.29) is 0 Å². The third-order valence-electron chi connectivity index (χ3n) is 3.69. The maximum absolute atomic E-state index is 10.8. The first-order valence-corrected chi connectivity index (χ1v) is 6.46. The van der Waals surface area contributed by atoms with Crippen molar-refractivity contribution in [3.63, 3.8) is 0 Å². The average molecular weight is 198 g/mol. The molecule has 1 saturated carbocycles. The van der Waals surface area contributed by atoms with Crippen LogP contribution in [-0.4, -0.2) is 17.3 Å². The van der Waals surface area contributed by atoms with Gasteiger partial charge in [0, 0.05) is 6.42 Å². The lowest BCUT2D eigenvalue weighted by molar-refractivity contribution is -0.117. The summed E-state index contributed by atoms with van der Waals surface area (Å²) in [6.07, 6.45) is 6.24. The molecule has 1 nitrogen and oxygen atoms in total. The number of hydrogen-bond acceptors (Lipinski definition) is 2. The van der Waals surface area contributed by atoms with E-state index in [2.05, 4.69) is 11.8 Å². The first-order valence-electron chi connectivity index (χ1n) is 5.30. The van der Waals surface area contributed by atoms with Gasteiger partial charge in [0.2, 0.25) is 0 Å². The predicted octanol–water partition coefficient (Wildman–Crippen LogP) is 2.89. The Bertz CT molecular complexity index is 206. The molecule has 1 spiro atoms. The normalized spacial score (nSPS) is 30.4. The molecule has 1 aliphatic carbocycles. The van der Waals surface area contributed by atoms with Crippen LogP contribution in [-0.2, 0) is 4.79 Å². The third kappa shape index (κ3) is 2.09. The smallest absolute Gasteiger partial charge is 0.129 e. The van der Waals surface area contributed by atoms with E-state index >= 15 is 0 Å². The van der Waals surface area contributed by atoms with E-state index in [0.717, 1.165) is 12.3 Å². The second-order valence-corrected chi connectivity index (χ2v) is 5.84. The molecule has 1 saturated heterocycles. The molecule has 0 aromatic rings. The Balaban J connectivity index is 1.76. The summed E-state index contributed by atoms with van der Waals surface area (Å²) in [6.45, 7) is 1.71. The molecule has 1 unspecified atom stereocenters. The van der Waals surface area contributed by atoms with Gasteiger partial charge in [-0.2, -0.15) is 11.8 Å². The van der Waals surface area contributed by atoms with Gasteiger partial charge >= 0.3 is 0 Å². The summed E-state index contributed by atoms with van der Waals surface area (Å²) in [5.74, 6) is 3.98. The van der Waals surface area contributed by atoms with Gasteiger partial charge in [-0.15, -0.1) is 0 Å². The van der Waals surface area contributed by atoms with Crippen molar-refractivity contribution >= 4 is 17.5 Å². The van der Waals surface area contributed by atoms with Gasteiger partial charge in [-0.25, -0.2) is 0 Å². The van der Waals surface area contributed by atoms with E-state index in [1.54, 1.807) is 6.92 Å². The van der Waals surface area contributed by atoms with Gasteiger partial charge < -0.3 is 4.79 Å². The topological polar surface area (TPSA) is 17.1 Å². The summed E-state index contributed by atoms with van der Waals surface area (Å²) >= 11 is 2.10. The number of rotatable bonds is 3. The molecule has 1 heterocycles. The molecular formula is C11H18OS. The monoisotopic (exact) mass is 198 g/mol. The molecule has 74 valence electrons. The Morgan fingerprint density at radius 3 is 2.77 bits per heavy atom. The maximum Gasteiger partial charge on any atom is 0.129 e. The number of hydrogen-bond donors (Lipinski definition) is 0. The molecule has 2 heteroatoms. The molecule has 1 atom stereocenters. The zero-order valence-corrected chi connectivity index (χ0v) is 9.16. The minimum Gasteiger partial charge on any atom is -0.300 e. The van der Waals surface area contributed by atoms with Crippen molar-refractivity contribution in [3.8, 4) is 0 Å². The molecule has 0 aromatic carbocycles. The summed E-state index contributed by atoms with van der Waals surface area (Å²) < 4.78 is 0. The van der Waals surface area contributed by atoms with Crippen LogP contribution >= 0.6 is 11.8 Å². The first-order chi connectivity index (χ1) is 6.23. The van der Waals surface area contributed by atoms with Crippen LogP contribution in [0.5, 0.6) is 0 Å². The van der Waals surface area contributed by atoms with Gasteiger partial charge in [-0.1, -0.05) is 0 Å². The van der Waals surface area contributed by atoms with Crippen LogP contribution in [0.15, 0.2) is 0 Å². The largest absolute Gasteiger partial charge is 0.300 e. The third-order valence-corrected chi connectivity index (χ3v) is 4.68. The van der Waals surface area contributed by atoms with Crippen LogP contribution in [0.1, 0.15) is 39.0 Å². The number of ketones is 1. The van der Waals surface area contributed by atoms with E-state index in [4.69, 9.17) is 0 Å². The Morgan fingerprint density at radius 1 is 1.46 bits per heavy atom. The fraction of sp³-hybridized carbons (Fsp3) is 0.909. The van der Waals surface area contributed by atoms with Crippen molar-refractivity contribution in [2.45, 2.75) is 39.0 Å². The van der Waals surface area contributed by atoms with Crippen molar-refractivity contribution in [2.24, 2.45) is 11.3 Å². The van der Waals surface area contributed by atoms with Crippen LogP contribution in [0.3, 0.4) is 0 Å². The molecule has 0 bridgehead atoms. The average Bonchev–Trinajstić information content (AvgIpc) is 2.77. The molecule has 0 N–H and O–H groups in total. The van der Waals surface area contributed by atoms with Crippen LogP contribution < -0.4 is 0 Å². The summed E-state index contributed by atoms with van der Waals surface area (Å²) in [4.78, 5) is 10.8. The summed E-state index contributed by atoms with van der Waals surface area (Å²) in [6, 6.07) is 0. The molecule has 0 radical (unpaired) electrons. The van der Waals surface area contributed by atoms with Crippen LogP contribution in [0, 0.1) is 11.3 Å². The number of Topliss-reactive ketones (excluding diaryl/α,β-unsaturated/α-hetero) is 1. The Labute approximate surface area is 84.7 Å². The van der Waals surface area contributed by atoms with Crippen LogP contribution in [0.2, 0.25) is 0 Å². The highest BCUT2D eigenvalue weighted by molar-refractivity contribution is 7.99. The molecule has 0 aromatic heterocycles. The fourth-order valence-corrected chi connectivity index (χ4v) is 3.91.